The fourth-order valence-corrected chi connectivity index (χ4v) is 3.20. The van der Waals surface area contributed by atoms with Crippen LogP contribution in [0.3, 0.4) is 0 Å². The number of piperidine rings is 1. The zero-order valence-corrected chi connectivity index (χ0v) is 11.6. The monoisotopic (exact) mass is 258 g/mol. The van der Waals surface area contributed by atoms with Crippen LogP contribution in [0.2, 0.25) is 0 Å². The Labute approximate surface area is 115 Å². The molecular weight excluding hydrogens is 236 g/mol. The van der Waals surface area contributed by atoms with Gasteiger partial charge in [0.2, 0.25) is 5.91 Å². The number of hydrogen-bond acceptors (Lipinski definition) is 2. The molecule has 3 nitrogen and oxygen atoms in total. The van der Waals surface area contributed by atoms with E-state index in [0.29, 0.717) is 11.8 Å². The van der Waals surface area contributed by atoms with Gasteiger partial charge in [-0.05, 0) is 42.9 Å². The fraction of sp³-hybridized carbons (Fsp3) is 0.562. The maximum atomic E-state index is 12.6. The summed E-state index contributed by atoms with van der Waals surface area (Å²) in [4.78, 5) is 14.6. The van der Waals surface area contributed by atoms with Gasteiger partial charge in [-0.1, -0.05) is 31.2 Å². The number of nitrogens with zero attached hydrogens (tertiary/aromatic N) is 1. The Bertz CT molecular complexity index is 472. The van der Waals surface area contributed by atoms with Crippen LogP contribution in [0.25, 0.3) is 0 Å². The first-order chi connectivity index (χ1) is 9.24. The summed E-state index contributed by atoms with van der Waals surface area (Å²) in [6.07, 6.45) is 3.16. The molecule has 0 radical (unpaired) electrons. The summed E-state index contributed by atoms with van der Waals surface area (Å²) >= 11 is 0. The second-order valence-corrected chi connectivity index (χ2v) is 5.91. The van der Waals surface area contributed by atoms with Crippen LogP contribution in [0, 0.1) is 5.92 Å². The Hall–Kier alpha value is -1.35. The summed E-state index contributed by atoms with van der Waals surface area (Å²) < 4.78 is 0. The summed E-state index contributed by atoms with van der Waals surface area (Å²) in [6.45, 7) is 4.86. The number of carbonyl (C=O) groups excluding carboxylic acids is 1. The van der Waals surface area contributed by atoms with E-state index in [2.05, 4.69) is 36.5 Å². The molecule has 1 amide bonds. The van der Waals surface area contributed by atoms with Gasteiger partial charge < -0.3 is 10.2 Å². The first-order valence-corrected chi connectivity index (χ1v) is 7.33. The minimum absolute atomic E-state index is 0.0361. The van der Waals surface area contributed by atoms with Gasteiger partial charge in [-0.2, -0.15) is 0 Å². The molecule has 19 heavy (non-hydrogen) atoms. The van der Waals surface area contributed by atoms with Crippen molar-refractivity contribution in [1.29, 1.82) is 0 Å². The first kappa shape index (κ1) is 12.7. The number of carbonyl (C=O) groups is 1. The van der Waals surface area contributed by atoms with Crippen molar-refractivity contribution in [2.75, 3.05) is 13.1 Å². The lowest BCUT2D eigenvalue weighted by Gasteiger charge is -2.35. The lowest BCUT2D eigenvalue weighted by molar-refractivity contribution is -0.135. The molecule has 1 N–H and O–H groups in total. The second kappa shape index (κ2) is 5.33. The van der Waals surface area contributed by atoms with E-state index in [1.54, 1.807) is 0 Å². The third kappa shape index (κ3) is 2.66. The van der Waals surface area contributed by atoms with Crippen LogP contribution in [-0.2, 0) is 17.8 Å². The molecule has 2 unspecified atom stereocenters. The van der Waals surface area contributed by atoms with Gasteiger partial charge in [0, 0.05) is 13.1 Å². The minimum Gasteiger partial charge on any atom is -0.337 e. The van der Waals surface area contributed by atoms with Gasteiger partial charge in [-0.25, -0.2) is 0 Å². The number of nitrogens with one attached hydrogen (secondary N) is 1. The summed E-state index contributed by atoms with van der Waals surface area (Å²) in [5.41, 5.74) is 2.71. The number of hydrogen-bond donors (Lipinski definition) is 1. The third-order valence-electron chi connectivity index (χ3n) is 4.41. The number of amides is 1. The molecule has 2 atom stereocenters. The highest BCUT2D eigenvalue weighted by molar-refractivity contribution is 5.82. The molecule has 0 spiro atoms. The Morgan fingerprint density at radius 3 is 2.89 bits per heavy atom. The molecule has 1 aromatic carbocycles. The van der Waals surface area contributed by atoms with E-state index in [4.69, 9.17) is 0 Å². The molecule has 0 saturated carbocycles. The molecule has 0 aromatic heterocycles. The van der Waals surface area contributed by atoms with Crippen molar-refractivity contribution in [1.82, 2.24) is 10.2 Å². The van der Waals surface area contributed by atoms with Gasteiger partial charge in [-0.3, -0.25) is 4.79 Å². The van der Waals surface area contributed by atoms with E-state index < -0.39 is 0 Å². The first-order valence-electron chi connectivity index (χ1n) is 7.33. The molecule has 102 valence electrons. The lowest BCUT2D eigenvalue weighted by Crippen LogP contribution is -2.51. The summed E-state index contributed by atoms with van der Waals surface area (Å²) in [5, 5.41) is 3.38. The van der Waals surface area contributed by atoms with E-state index in [1.807, 2.05) is 4.90 Å². The molecule has 2 aliphatic rings. The topological polar surface area (TPSA) is 32.3 Å². The maximum Gasteiger partial charge on any atom is 0.240 e. The number of fused-ring (bicyclic) bond motifs is 1. The molecule has 2 heterocycles. The van der Waals surface area contributed by atoms with Crippen LogP contribution in [-0.4, -0.2) is 29.9 Å². The number of benzene rings is 1. The largest absolute Gasteiger partial charge is 0.337 e. The Morgan fingerprint density at radius 1 is 1.32 bits per heavy atom. The smallest absolute Gasteiger partial charge is 0.240 e. The lowest BCUT2D eigenvalue weighted by atomic mass is 9.92. The van der Waals surface area contributed by atoms with Crippen molar-refractivity contribution >= 4 is 5.91 Å². The van der Waals surface area contributed by atoms with Gasteiger partial charge in [-0.15, -0.1) is 0 Å². The van der Waals surface area contributed by atoms with Crippen molar-refractivity contribution in [2.24, 2.45) is 5.92 Å². The average molecular weight is 258 g/mol. The predicted octanol–water partition coefficient (Wildman–Crippen LogP) is 1.96. The van der Waals surface area contributed by atoms with Crippen LogP contribution in [0.15, 0.2) is 24.3 Å². The van der Waals surface area contributed by atoms with Gasteiger partial charge in [0.1, 0.15) is 0 Å². The van der Waals surface area contributed by atoms with Gasteiger partial charge in [0.15, 0.2) is 0 Å². The predicted molar refractivity (Wildman–Crippen MR) is 75.8 cm³/mol. The third-order valence-corrected chi connectivity index (χ3v) is 4.41. The minimum atomic E-state index is 0.0361. The van der Waals surface area contributed by atoms with E-state index in [9.17, 15) is 4.79 Å². The van der Waals surface area contributed by atoms with Crippen LogP contribution < -0.4 is 5.32 Å². The summed E-state index contributed by atoms with van der Waals surface area (Å²) in [5.74, 6) is 0.952. The highest BCUT2D eigenvalue weighted by Gasteiger charge is 2.29. The van der Waals surface area contributed by atoms with Crippen LogP contribution in [0.4, 0.5) is 0 Å². The molecule has 3 rings (SSSR count). The summed E-state index contributed by atoms with van der Waals surface area (Å²) in [7, 11) is 0. The average Bonchev–Trinajstić information content (AvgIpc) is 2.46. The molecule has 1 aromatic rings. The van der Waals surface area contributed by atoms with Crippen LogP contribution in [0.5, 0.6) is 0 Å². The normalized spacial score (nSPS) is 26.9. The number of rotatable bonds is 1. The zero-order valence-electron chi connectivity index (χ0n) is 11.6. The van der Waals surface area contributed by atoms with Crippen LogP contribution in [0.1, 0.15) is 30.9 Å². The Balaban J connectivity index is 1.69. The summed E-state index contributed by atoms with van der Waals surface area (Å²) in [6, 6.07) is 8.51. The van der Waals surface area contributed by atoms with Gasteiger partial charge in [0.25, 0.3) is 0 Å². The molecule has 1 fully saturated rings. The van der Waals surface area contributed by atoms with Crippen molar-refractivity contribution in [3.05, 3.63) is 35.4 Å². The Morgan fingerprint density at radius 2 is 2.11 bits per heavy atom. The van der Waals surface area contributed by atoms with E-state index in [0.717, 1.165) is 32.5 Å². The van der Waals surface area contributed by atoms with E-state index >= 15 is 0 Å². The molecule has 3 heteroatoms. The second-order valence-electron chi connectivity index (χ2n) is 5.91. The van der Waals surface area contributed by atoms with Gasteiger partial charge >= 0.3 is 0 Å². The van der Waals surface area contributed by atoms with Crippen molar-refractivity contribution in [3.63, 3.8) is 0 Å². The van der Waals surface area contributed by atoms with Crippen molar-refractivity contribution in [2.45, 2.75) is 38.8 Å². The van der Waals surface area contributed by atoms with Gasteiger partial charge in [0.05, 0.1) is 6.04 Å². The molecule has 2 aliphatic heterocycles. The zero-order chi connectivity index (χ0) is 13.2. The van der Waals surface area contributed by atoms with Crippen molar-refractivity contribution < 1.29 is 4.79 Å². The SMILES string of the molecule is CC1CCNC(C(=O)N2CCc3ccccc3C2)C1. The van der Waals surface area contributed by atoms with E-state index in [-0.39, 0.29) is 6.04 Å². The highest BCUT2D eigenvalue weighted by Crippen LogP contribution is 2.22. The molecule has 0 bridgehead atoms. The maximum absolute atomic E-state index is 12.6. The highest BCUT2D eigenvalue weighted by atomic mass is 16.2. The molecule has 1 saturated heterocycles. The Kier molecular flexibility index (Phi) is 3.56. The van der Waals surface area contributed by atoms with Crippen molar-refractivity contribution in [3.8, 4) is 0 Å². The quantitative estimate of drug-likeness (QED) is 0.835. The molecule has 0 aliphatic carbocycles. The fourth-order valence-electron chi connectivity index (χ4n) is 3.20. The molecular formula is C16H22N2O. The standard InChI is InChI=1S/C16H22N2O/c1-12-6-8-17-15(10-12)16(19)18-9-7-13-4-2-3-5-14(13)11-18/h2-5,12,15,17H,6-11H2,1H3. The van der Waals surface area contributed by atoms with E-state index in [1.165, 1.54) is 17.5 Å². The van der Waals surface area contributed by atoms with Crippen LogP contribution >= 0.6 is 0 Å².